The second-order valence-electron chi connectivity index (χ2n) is 4.69. The van der Waals surface area contributed by atoms with Crippen LogP contribution in [0.2, 0.25) is 0 Å². The van der Waals surface area contributed by atoms with Gasteiger partial charge < -0.3 is 15.4 Å². The van der Waals surface area contributed by atoms with Gasteiger partial charge in [-0.2, -0.15) is 11.8 Å². The average molecular weight is 327 g/mol. The van der Waals surface area contributed by atoms with Gasteiger partial charge in [0, 0.05) is 11.3 Å². The molecule has 2 rings (SSSR count). The second kappa shape index (κ2) is 6.59. The number of aromatic nitrogens is 2. The summed E-state index contributed by atoms with van der Waals surface area (Å²) in [5, 5.41) is 12.5. The fraction of sp³-hybridized carbons (Fsp3) is 0.462. The van der Waals surface area contributed by atoms with Crippen LogP contribution in [0, 0.1) is 6.92 Å². The zero-order chi connectivity index (χ0) is 15.6. The topological polar surface area (TPSA) is 95.1 Å². The van der Waals surface area contributed by atoms with Crippen molar-refractivity contribution < 1.29 is 9.90 Å². The van der Waals surface area contributed by atoms with Gasteiger partial charge in [-0.15, -0.1) is 11.3 Å². The Labute approximate surface area is 130 Å². The summed E-state index contributed by atoms with van der Waals surface area (Å²) in [6.07, 6.45) is 3.22. The lowest BCUT2D eigenvalue weighted by molar-refractivity contribution is 0.0939. The van der Waals surface area contributed by atoms with Gasteiger partial charge in [0.1, 0.15) is 4.83 Å². The van der Waals surface area contributed by atoms with Crippen LogP contribution in [-0.4, -0.2) is 45.1 Å². The average Bonchev–Trinajstić information content (AvgIpc) is 2.79. The van der Waals surface area contributed by atoms with Crippen LogP contribution in [-0.2, 0) is 0 Å². The molecule has 0 saturated heterocycles. The molecule has 0 aromatic carbocycles. The number of fused-ring (bicyclic) bond motifs is 1. The molecule has 6 nitrogen and oxygen atoms in total. The van der Waals surface area contributed by atoms with Gasteiger partial charge >= 0.3 is 0 Å². The number of aryl methyl sites for hydroxylation is 1. The van der Waals surface area contributed by atoms with E-state index in [4.69, 9.17) is 0 Å². The largest absolute Gasteiger partial charge is 0.395 e. The minimum absolute atomic E-state index is 0.00473. The molecule has 2 aromatic heterocycles. The lowest BCUT2D eigenvalue weighted by Crippen LogP contribution is -2.41. The van der Waals surface area contributed by atoms with Crippen LogP contribution in [0.15, 0.2) is 11.1 Å². The molecule has 0 aliphatic heterocycles. The first kappa shape index (κ1) is 16.0. The highest BCUT2D eigenvalue weighted by atomic mass is 32.2. The zero-order valence-electron chi connectivity index (χ0n) is 12.0. The maximum absolute atomic E-state index is 12.4. The maximum Gasteiger partial charge on any atom is 0.261 e. The highest BCUT2D eigenvalue weighted by molar-refractivity contribution is 7.99. The van der Waals surface area contributed by atoms with Gasteiger partial charge in [0.25, 0.3) is 11.5 Å². The van der Waals surface area contributed by atoms with Gasteiger partial charge in [-0.05, 0) is 25.7 Å². The molecule has 2 heterocycles. The molecule has 114 valence electrons. The first-order valence-electron chi connectivity index (χ1n) is 6.40. The highest BCUT2D eigenvalue weighted by Crippen LogP contribution is 2.26. The third-order valence-corrected chi connectivity index (χ3v) is 5.70. The van der Waals surface area contributed by atoms with Gasteiger partial charge in [0.15, 0.2) is 0 Å². The summed E-state index contributed by atoms with van der Waals surface area (Å²) in [6, 6.07) is -0.173. The third kappa shape index (κ3) is 3.12. The van der Waals surface area contributed by atoms with Crippen molar-refractivity contribution in [3.8, 4) is 0 Å². The molecule has 1 amide bonds. The van der Waals surface area contributed by atoms with Crippen molar-refractivity contribution in [2.45, 2.75) is 25.1 Å². The molecule has 2 atom stereocenters. The molecule has 0 bridgehead atoms. The van der Waals surface area contributed by atoms with Crippen molar-refractivity contribution in [2.24, 2.45) is 0 Å². The van der Waals surface area contributed by atoms with Crippen LogP contribution < -0.4 is 10.9 Å². The van der Waals surface area contributed by atoms with Crippen LogP contribution >= 0.6 is 23.1 Å². The molecule has 0 fully saturated rings. The number of amides is 1. The number of rotatable bonds is 5. The lowest BCUT2D eigenvalue weighted by Gasteiger charge is -2.21. The van der Waals surface area contributed by atoms with Crippen LogP contribution in [0.3, 0.4) is 0 Å². The normalized spacial score (nSPS) is 14.1. The summed E-state index contributed by atoms with van der Waals surface area (Å²) in [5.41, 5.74) is 0.400. The number of hydrogen-bond acceptors (Lipinski definition) is 6. The highest BCUT2D eigenvalue weighted by Gasteiger charge is 2.22. The number of carbonyl (C=O) groups is 1. The molecule has 0 radical (unpaired) electrons. The van der Waals surface area contributed by atoms with E-state index in [0.717, 1.165) is 0 Å². The number of nitrogens with zero attached hydrogens (tertiary/aromatic N) is 1. The van der Waals surface area contributed by atoms with Crippen LogP contribution in [0.1, 0.15) is 22.2 Å². The van der Waals surface area contributed by atoms with E-state index in [1.54, 1.807) is 6.92 Å². The minimum Gasteiger partial charge on any atom is -0.395 e. The van der Waals surface area contributed by atoms with Gasteiger partial charge in [0.2, 0.25) is 0 Å². The molecule has 0 saturated carbocycles. The Balaban J connectivity index is 2.30. The smallest absolute Gasteiger partial charge is 0.261 e. The molecule has 0 aliphatic rings. The number of aromatic amines is 1. The van der Waals surface area contributed by atoms with Crippen molar-refractivity contribution in [3.63, 3.8) is 0 Å². The standard InChI is InChI=1S/C13H17N3O3S2/c1-6-9-11(18)14-5-15-13(9)21-10(6)12(19)16-7(2)8(4-17)20-3/h5,7-8,17H,4H2,1-3H3,(H,16,19)(H,14,15,18). The lowest BCUT2D eigenvalue weighted by atomic mass is 10.2. The Kier molecular flexibility index (Phi) is 5.02. The molecule has 3 N–H and O–H groups in total. The van der Waals surface area contributed by atoms with Crippen LogP contribution in [0.4, 0.5) is 0 Å². The predicted molar refractivity (Wildman–Crippen MR) is 86.3 cm³/mol. The summed E-state index contributed by atoms with van der Waals surface area (Å²) in [7, 11) is 0. The number of aliphatic hydroxyl groups excluding tert-OH is 1. The number of thiophene rings is 1. The fourth-order valence-electron chi connectivity index (χ4n) is 2.10. The Morgan fingerprint density at radius 1 is 1.62 bits per heavy atom. The first-order chi connectivity index (χ1) is 9.99. The second-order valence-corrected chi connectivity index (χ2v) is 6.76. The molecule has 8 heteroatoms. The van der Waals surface area contributed by atoms with E-state index in [1.165, 1.54) is 29.4 Å². The third-order valence-electron chi connectivity index (χ3n) is 3.34. The number of hydrogen-bond donors (Lipinski definition) is 3. The SMILES string of the molecule is CSC(CO)C(C)NC(=O)c1sc2nc[nH]c(=O)c2c1C. The molecular formula is C13H17N3O3S2. The minimum atomic E-state index is -0.241. The van der Waals surface area contributed by atoms with Crippen LogP contribution in [0.25, 0.3) is 10.2 Å². The fourth-order valence-corrected chi connectivity index (χ4v) is 3.78. The van der Waals surface area contributed by atoms with E-state index in [0.29, 0.717) is 20.7 Å². The number of thioether (sulfide) groups is 1. The number of carbonyl (C=O) groups excluding carboxylic acids is 1. The Morgan fingerprint density at radius 3 is 2.90 bits per heavy atom. The summed E-state index contributed by atoms with van der Waals surface area (Å²) < 4.78 is 0. The summed E-state index contributed by atoms with van der Waals surface area (Å²) in [5.74, 6) is -0.241. The summed E-state index contributed by atoms with van der Waals surface area (Å²) in [4.78, 5) is 31.8. The molecule has 0 spiro atoms. The van der Waals surface area contributed by atoms with E-state index < -0.39 is 0 Å². The maximum atomic E-state index is 12.4. The van der Waals surface area contributed by atoms with E-state index in [1.807, 2.05) is 13.2 Å². The van der Waals surface area contributed by atoms with Crippen molar-refractivity contribution >= 4 is 39.2 Å². The van der Waals surface area contributed by atoms with Crippen molar-refractivity contribution in [1.29, 1.82) is 0 Å². The molecule has 21 heavy (non-hydrogen) atoms. The number of aliphatic hydroxyl groups is 1. The van der Waals surface area contributed by atoms with Gasteiger partial charge in [0.05, 0.1) is 23.2 Å². The van der Waals surface area contributed by atoms with Crippen molar-refractivity contribution in [2.75, 3.05) is 12.9 Å². The monoisotopic (exact) mass is 327 g/mol. The summed E-state index contributed by atoms with van der Waals surface area (Å²) in [6.45, 7) is 3.59. The predicted octanol–water partition coefficient (Wildman–Crippen LogP) is 1.14. The van der Waals surface area contributed by atoms with Gasteiger partial charge in [-0.1, -0.05) is 0 Å². The number of nitrogens with one attached hydrogen (secondary N) is 2. The first-order valence-corrected chi connectivity index (χ1v) is 8.51. The van der Waals surface area contributed by atoms with Gasteiger partial charge in [-0.25, -0.2) is 4.98 Å². The zero-order valence-corrected chi connectivity index (χ0v) is 13.6. The van der Waals surface area contributed by atoms with Crippen molar-refractivity contribution in [3.05, 3.63) is 27.1 Å². The molecular weight excluding hydrogens is 310 g/mol. The molecule has 2 aromatic rings. The Hall–Kier alpha value is -1.38. The van der Waals surface area contributed by atoms with Crippen molar-refractivity contribution in [1.82, 2.24) is 15.3 Å². The quantitative estimate of drug-likeness (QED) is 0.765. The number of H-pyrrole nitrogens is 1. The Morgan fingerprint density at radius 2 is 2.33 bits per heavy atom. The van der Waals surface area contributed by atoms with E-state index >= 15 is 0 Å². The van der Waals surface area contributed by atoms with E-state index in [2.05, 4.69) is 15.3 Å². The molecule has 2 unspecified atom stereocenters. The van der Waals surface area contributed by atoms with Gasteiger partial charge in [-0.3, -0.25) is 9.59 Å². The summed E-state index contributed by atoms with van der Waals surface area (Å²) >= 11 is 2.70. The van der Waals surface area contributed by atoms with E-state index in [-0.39, 0.29) is 29.4 Å². The molecule has 0 aliphatic carbocycles. The van der Waals surface area contributed by atoms with Crippen LogP contribution in [0.5, 0.6) is 0 Å². The Bertz CT molecular complexity index is 706. The van der Waals surface area contributed by atoms with E-state index in [9.17, 15) is 14.7 Å².